The summed E-state index contributed by atoms with van der Waals surface area (Å²) in [5, 5.41) is 3.67. The van der Waals surface area contributed by atoms with E-state index >= 15 is 0 Å². The van der Waals surface area contributed by atoms with Crippen LogP contribution in [0.15, 0.2) is 47.1 Å². The molecule has 0 saturated carbocycles. The fourth-order valence-electron chi connectivity index (χ4n) is 2.53. The Morgan fingerprint density at radius 3 is 2.70 bits per heavy atom. The lowest BCUT2D eigenvalue weighted by molar-refractivity contribution is -0.136. The van der Waals surface area contributed by atoms with Gasteiger partial charge in [-0.15, -0.1) is 0 Å². The fraction of sp³-hybridized carbons (Fsp3) is 0.200. The Bertz CT molecular complexity index is 940. The molecule has 0 atom stereocenters. The molecule has 140 valence electrons. The molecule has 0 amide bonds. The van der Waals surface area contributed by atoms with E-state index in [9.17, 15) is 9.18 Å². The van der Waals surface area contributed by atoms with Crippen LogP contribution in [0.1, 0.15) is 25.0 Å². The van der Waals surface area contributed by atoms with E-state index in [0.29, 0.717) is 35.0 Å². The number of benzene rings is 2. The minimum absolute atomic E-state index is 0.0846. The molecule has 0 fully saturated rings. The number of rotatable bonds is 6. The van der Waals surface area contributed by atoms with Gasteiger partial charge in [0.25, 0.3) is 0 Å². The van der Waals surface area contributed by atoms with Crippen molar-refractivity contribution in [2.45, 2.75) is 20.5 Å². The standard InChI is InChI=1S/C20H17FINO4/c1-3-25-18-10-13(8-15-12(2)23-27-20(15)24)9-17(22)19(18)26-11-14-6-4-5-7-16(14)21/h4-10H,3,11H2,1-2H3/b15-8+. The second kappa shape index (κ2) is 8.51. The summed E-state index contributed by atoms with van der Waals surface area (Å²) in [4.78, 5) is 16.4. The van der Waals surface area contributed by atoms with Crippen molar-refractivity contribution in [1.82, 2.24) is 0 Å². The molecule has 3 rings (SSSR count). The lowest BCUT2D eigenvalue weighted by Gasteiger charge is -2.15. The van der Waals surface area contributed by atoms with Crippen molar-refractivity contribution in [3.8, 4) is 11.5 Å². The Labute approximate surface area is 169 Å². The van der Waals surface area contributed by atoms with Crippen molar-refractivity contribution >= 4 is 40.3 Å². The van der Waals surface area contributed by atoms with Crippen molar-refractivity contribution in [3.63, 3.8) is 0 Å². The molecule has 7 heteroatoms. The first kappa shape index (κ1) is 19.3. The number of carbonyl (C=O) groups is 1. The maximum Gasteiger partial charge on any atom is 0.367 e. The predicted molar refractivity (Wildman–Crippen MR) is 108 cm³/mol. The van der Waals surface area contributed by atoms with Gasteiger partial charge in [-0.3, -0.25) is 0 Å². The Balaban J connectivity index is 1.91. The van der Waals surface area contributed by atoms with Gasteiger partial charge in [-0.1, -0.05) is 23.4 Å². The Morgan fingerprint density at radius 1 is 1.26 bits per heavy atom. The first-order valence-electron chi connectivity index (χ1n) is 8.30. The summed E-state index contributed by atoms with van der Waals surface area (Å²) in [6, 6.07) is 10.1. The highest BCUT2D eigenvalue weighted by Crippen LogP contribution is 2.36. The van der Waals surface area contributed by atoms with Gasteiger partial charge in [0, 0.05) is 5.56 Å². The van der Waals surface area contributed by atoms with Crippen molar-refractivity contribution in [3.05, 3.63) is 62.5 Å². The third kappa shape index (κ3) is 4.47. The number of hydrogen-bond acceptors (Lipinski definition) is 5. The first-order chi connectivity index (χ1) is 13.0. The lowest BCUT2D eigenvalue weighted by atomic mass is 10.1. The molecule has 0 N–H and O–H groups in total. The van der Waals surface area contributed by atoms with Gasteiger partial charge in [0.05, 0.1) is 21.5 Å². The molecule has 0 radical (unpaired) electrons. The highest BCUT2D eigenvalue weighted by atomic mass is 127. The quantitative estimate of drug-likeness (QED) is 0.341. The molecular formula is C20H17FINO4. The SMILES string of the molecule is CCOc1cc(/C=C2/C(=O)ON=C2C)cc(I)c1OCc1ccccc1F. The third-order valence-electron chi connectivity index (χ3n) is 3.85. The number of carbonyl (C=O) groups excluding carboxylic acids is 1. The second-order valence-corrected chi connectivity index (χ2v) is 6.92. The highest BCUT2D eigenvalue weighted by Gasteiger charge is 2.22. The summed E-state index contributed by atoms with van der Waals surface area (Å²) < 4.78 is 26.2. The van der Waals surface area contributed by atoms with E-state index in [1.165, 1.54) is 6.07 Å². The summed E-state index contributed by atoms with van der Waals surface area (Å²) >= 11 is 2.13. The van der Waals surface area contributed by atoms with Gasteiger partial charge in [-0.2, -0.15) is 0 Å². The lowest BCUT2D eigenvalue weighted by Crippen LogP contribution is -2.04. The number of halogens is 2. The monoisotopic (exact) mass is 481 g/mol. The zero-order valence-electron chi connectivity index (χ0n) is 14.8. The molecule has 0 spiro atoms. The normalized spacial score (nSPS) is 14.9. The van der Waals surface area contributed by atoms with Gasteiger partial charge in [0.1, 0.15) is 12.4 Å². The van der Waals surface area contributed by atoms with Gasteiger partial charge < -0.3 is 14.3 Å². The number of hydrogen-bond donors (Lipinski definition) is 0. The smallest absolute Gasteiger partial charge is 0.367 e. The van der Waals surface area contributed by atoms with Gasteiger partial charge in [-0.25, -0.2) is 9.18 Å². The maximum atomic E-state index is 13.8. The van der Waals surface area contributed by atoms with Gasteiger partial charge in [0.15, 0.2) is 11.5 Å². The van der Waals surface area contributed by atoms with Crippen molar-refractivity contribution in [2.24, 2.45) is 5.16 Å². The molecule has 0 unspecified atom stereocenters. The van der Waals surface area contributed by atoms with Crippen LogP contribution in [-0.4, -0.2) is 18.3 Å². The predicted octanol–water partition coefficient (Wildman–Crippen LogP) is 4.72. The molecule has 1 heterocycles. The van der Waals surface area contributed by atoms with Crippen LogP contribution in [0, 0.1) is 9.39 Å². The summed E-state index contributed by atoms with van der Waals surface area (Å²) in [5.74, 6) is 0.248. The van der Waals surface area contributed by atoms with Crippen LogP contribution in [0.25, 0.3) is 6.08 Å². The summed E-state index contributed by atoms with van der Waals surface area (Å²) in [5.41, 5.74) is 2.13. The minimum atomic E-state index is -0.486. The average molecular weight is 481 g/mol. The molecule has 0 bridgehead atoms. The zero-order valence-corrected chi connectivity index (χ0v) is 16.9. The summed E-state index contributed by atoms with van der Waals surface area (Å²) in [6.07, 6.45) is 1.69. The largest absolute Gasteiger partial charge is 0.490 e. The molecule has 0 aliphatic carbocycles. The van der Waals surface area contributed by atoms with Crippen LogP contribution in [0.3, 0.4) is 0 Å². The van der Waals surface area contributed by atoms with Crippen molar-refractivity contribution in [1.29, 1.82) is 0 Å². The molecule has 1 aliphatic heterocycles. The van der Waals surface area contributed by atoms with Crippen LogP contribution in [0.2, 0.25) is 0 Å². The third-order valence-corrected chi connectivity index (χ3v) is 4.65. The molecular weight excluding hydrogens is 464 g/mol. The van der Waals surface area contributed by atoms with Crippen molar-refractivity contribution < 1.29 is 23.5 Å². The molecule has 0 aromatic heterocycles. The van der Waals surface area contributed by atoms with E-state index in [1.807, 2.05) is 13.0 Å². The minimum Gasteiger partial charge on any atom is -0.490 e. The van der Waals surface area contributed by atoms with E-state index in [4.69, 9.17) is 9.47 Å². The topological polar surface area (TPSA) is 57.1 Å². The zero-order chi connectivity index (χ0) is 19.4. The van der Waals surface area contributed by atoms with E-state index < -0.39 is 5.97 Å². The molecule has 2 aromatic rings. The van der Waals surface area contributed by atoms with Crippen molar-refractivity contribution in [2.75, 3.05) is 6.61 Å². The van der Waals surface area contributed by atoms with Crippen LogP contribution >= 0.6 is 22.6 Å². The van der Waals surface area contributed by atoms with Gasteiger partial charge in [0.2, 0.25) is 0 Å². The molecule has 27 heavy (non-hydrogen) atoms. The van der Waals surface area contributed by atoms with E-state index in [2.05, 4.69) is 32.6 Å². The Hall–Kier alpha value is -2.42. The van der Waals surface area contributed by atoms with Gasteiger partial charge in [-0.05, 0) is 66.3 Å². The molecule has 2 aromatic carbocycles. The Kier molecular flexibility index (Phi) is 6.10. The number of ether oxygens (including phenoxy) is 2. The second-order valence-electron chi connectivity index (χ2n) is 5.76. The van der Waals surface area contributed by atoms with E-state index in [1.54, 1.807) is 37.3 Å². The molecule has 0 saturated heterocycles. The molecule has 5 nitrogen and oxygen atoms in total. The van der Waals surface area contributed by atoms with E-state index in [-0.39, 0.29) is 12.4 Å². The Morgan fingerprint density at radius 2 is 2.04 bits per heavy atom. The number of oxime groups is 1. The van der Waals surface area contributed by atoms with Gasteiger partial charge >= 0.3 is 5.97 Å². The van der Waals surface area contributed by atoms with E-state index in [0.717, 1.165) is 9.13 Å². The fourth-order valence-corrected chi connectivity index (χ4v) is 3.31. The van der Waals surface area contributed by atoms with Crippen LogP contribution < -0.4 is 9.47 Å². The first-order valence-corrected chi connectivity index (χ1v) is 9.38. The maximum absolute atomic E-state index is 13.8. The highest BCUT2D eigenvalue weighted by molar-refractivity contribution is 14.1. The molecule has 1 aliphatic rings. The summed E-state index contributed by atoms with van der Waals surface area (Å²) in [6.45, 7) is 4.09. The number of nitrogens with zero attached hydrogens (tertiary/aromatic N) is 1. The average Bonchev–Trinajstić information content (AvgIpc) is 2.95. The van der Waals surface area contributed by atoms with Crippen LogP contribution in [0.5, 0.6) is 11.5 Å². The van der Waals surface area contributed by atoms with Crippen LogP contribution in [0.4, 0.5) is 4.39 Å². The van der Waals surface area contributed by atoms with Crippen LogP contribution in [-0.2, 0) is 16.2 Å². The summed E-state index contributed by atoms with van der Waals surface area (Å²) in [7, 11) is 0.